The number of halogens is 1. The third-order valence-corrected chi connectivity index (χ3v) is 4.34. The minimum atomic E-state index is -0.371. The number of benzene rings is 2. The van der Waals surface area contributed by atoms with Crippen LogP contribution in [0.1, 0.15) is 29.8 Å². The minimum absolute atomic E-state index is 0.191. The summed E-state index contributed by atoms with van der Waals surface area (Å²) in [5.41, 5.74) is 1.54. The molecule has 1 N–H and O–H groups in total. The number of amides is 2. The van der Waals surface area contributed by atoms with Gasteiger partial charge in [0.15, 0.2) is 11.5 Å². The van der Waals surface area contributed by atoms with Crippen molar-refractivity contribution in [3.8, 4) is 11.5 Å². The first-order valence-corrected chi connectivity index (χ1v) is 9.90. The van der Waals surface area contributed by atoms with E-state index >= 15 is 0 Å². The van der Waals surface area contributed by atoms with E-state index in [1.165, 1.54) is 18.1 Å². The summed E-state index contributed by atoms with van der Waals surface area (Å²) in [5.74, 6) is 0.750. The van der Waals surface area contributed by atoms with Crippen LogP contribution < -0.4 is 14.8 Å². The topological polar surface area (TPSA) is 67.9 Å². The van der Waals surface area contributed by atoms with Crippen molar-refractivity contribution in [2.24, 2.45) is 5.92 Å². The Bertz CT molecular complexity index is 939. The molecule has 2 aromatic rings. The Balaban J connectivity index is 2.18. The van der Waals surface area contributed by atoms with Crippen molar-refractivity contribution in [3.63, 3.8) is 0 Å². The standard InChI is InChI=1S/C23H27ClN2O4/c1-15(2)14-30-22-18(24)12-16(13-20(22)29-5)10-11-21(27)25-19-9-7-6-8-17(19)23(28)26(3)4/h6-13,15H,14H2,1-5H3,(H,25,27)/b11-10+. The molecule has 0 spiro atoms. The molecular weight excluding hydrogens is 404 g/mol. The van der Waals surface area contributed by atoms with Crippen LogP contribution in [0.3, 0.4) is 0 Å². The Morgan fingerprint density at radius 2 is 1.90 bits per heavy atom. The Hall–Kier alpha value is -2.99. The lowest BCUT2D eigenvalue weighted by Gasteiger charge is -2.15. The van der Waals surface area contributed by atoms with Crippen LogP contribution >= 0.6 is 11.6 Å². The van der Waals surface area contributed by atoms with Crippen LogP contribution in [0.4, 0.5) is 5.69 Å². The quantitative estimate of drug-likeness (QED) is 0.614. The van der Waals surface area contributed by atoms with Crippen LogP contribution in [0.5, 0.6) is 11.5 Å². The Kier molecular flexibility index (Phi) is 8.30. The summed E-state index contributed by atoms with van der Waals surface area (Å²) in [6.45, 7) is 4.60. The van der Waals surface area contributed by atoms with Gasteiger partial charge in [0, 0.05) is 20.2 Å². The van der Waals surface area contributed by atoms with Crippen molar-refractivity contribution in [1.82, 2.24) is 4.90 Å². The smallest absolute Gasteiger partial charge is 0.255 e. The van der Waals surface area contributed by atoms with E-state index in [-0.39, 0.29) is 11.8 Å². The number of carbonyl (C=O) groups is 2. The molecule has 2 aromatic carbocycles. The van der Waals surface area contributed by atoms with Crippen LogP contribution in [0.25, 0.3) is 6.08 Å². The second-order valence-corrected chi connectivity index (χ2v) is 7.71. The van der Waals surface area contributed by atoms with Crippen LogP contribution in [0, 0.1) is 5.92 Å². The van der Waals surface area contributed by atoms with Crippen molar-refractivity contribution in [1.29, 1.82) is 0 Å². The van der Waals surface area contributed by atoms with E-state index in [1.807, 2.05) is 13.8 Å². The fourth-order valence-electron chi connectivity index (χ4n) is 2.59. The normalized spacial score (nSPS) is 10.9. The number of hydrogen-bond acceptors (Lipinski definition) is 4. The van der Waals surface area contributed by atoms with Gasteiger partial charge in [-0.15, -0.1) is 0 Å². The molecule has 160 valence electrons. The van der Waals surface area contributed by atoms with E-state index in [0.29, 0.717) is 45.9 Å². The van der Waals surface area contributed by atoms with E-state index in [1.54, 1.807) is 56.6 Å². The zero-order chi connectivity index (χ0) is 22.3. The van der Waals surface area contributed by atoms with Gasteiger partial charge in [0.05, 0.1) is 30.0 Å². The Labute approximate surface area is 182 Å². The molecule has 0 saturated carbocycles. The highest BCUT2D eigenvalue weighted by Gasteiger charge is 2.14. The largest absolute Gasteiger partial charge is 0.493 e. The molecule has 7 heteroatoms. The maximum atomic E-state index is 12.4. The van der Waals surface area contributed by atoms with E-state index < -0.39 is 0 Å². The van der Waals surface area contributed by atoms with Gasteiger partial charge >= 0.3 is 0 Å². The lowest BCUT2D eigenvalue weighted by molar-refractivity contribution is -0.111. The van der Waals surface area contributed by atoms with Gasteiger partial charge in [-0.05, 0) is 41.8 Å². The van der Waals surface area contributed by atoms with Crippen molar-refractivity contribution in [2.75, 3.05) is 33.1 Å². The number of methoxy groups -OCH3 is 1. The zero-order valence-corrected chi connectivity index (χ0v) is 18.6. The molecule has 0 unspecified atom stereocenters. The molecule has 30 heavy (non-hydrogen) atoms. The van der Waals surface area contributed by atoms with Gasteiger partial charge in [-0.2, -0.15) is 0 Å². The van der Waals surface area contributed by atoms with Crippen LogP contribution in [0.15, 0.2) is 42.5 Å². The summed E-state index contributed by atoms with van der Waals surface area (Å²) < 4.78 is 11.1. The molecule has 0 fully saturated rings. The number of carbonyl (C=O) groups excluding carboxylic acids is 2. The molecule has 2 rings (SSSR count). The average Bonchev–Trinajstić information content (AvgIpc) is 2.70. The molecule has 0 bridgehead atoms. The van der Waals surface area contributed by atoms with E-state index in [4.69, 9.17) is 21.1 Å². The van der Waals surface area contributed by atoms with Gasteiger partial charge in [-0.3, -0.25) is 9.59 Å². The highest BCUT2D eigenvalue weighted by atomic mass is 35.5. The fraction of sp³-hybridized carbons (Fsp3) is 0.304. The monoisotopic (exact) mass is 430 g/mol. The molecule has 0 aromatic heterocycles. The van der Waals surface area contributed by atoms with Gasteiger partial charge in [0.2, 0.25) is 5.91 Å². The highest BCUT2D eigenvalue weighted by Crippen LogP contribution is 2.37. The lowest BCUT2D eigenvalue weighted by atomic mass is 10.1. The summed E-state index contributed by atoms with van der Waals surface area (Å²) in [7, 11) is 4.85. The third kappa shape index (κ3) is 6.26. The van der Waals surface area contributed by atoms with E-state index in [0.717, 1.165) is 0 Å². The maximum Gasteiger partial charge on any atom is 0.255 e. The van der Waals surface area contributed by atoms with Gasteiger partial charge in [0.1, 0.15) is 0 Å². The summed E-state index contributed by atoms with van der Waals surface area (Å²) in [6.07, 6.45) is 2.99. The lowest BCUT2D eigenvalue weighted by Crippen LogP contribution is -2.23. The number of hydrogen-bond donors (Lipinski definition) is 1. The van der Waals surface area contributed by atoms with Crippen molar-refractivity contribution < 1.29 is 19.1 Å². The first kappa shape index (κ1) is 23.3. The first-order valence-electron chi connectivity index (χ1n) is 9.53. The maximum absolute atomic E-state index is 12.4. The SMILES string of the molecule is COc1cc(/C=C/C(=O)Nc2ccccc2C(=O)N(C)C)cc(Cl)c1OCC(C)C. The predicted octanol–water partition coefficient (Wildman–Crippen LogP) is 4.74. The third-order valence-electron chi connectivity index (χ3n) is 4.06. The summed E-state index contributed by atoms with van der Waals surface area (Å²) in [6, 6.07) is 10.3. The number of ether oxygens (including phenoxy) is 2. The second kappa shape index (κ2) is 10.7. The number of anilines is 1. The van der Waals surface area contributed by atoms with Crippen molar-refractivity contribution in [2.45, 2.75) is 13.8 Å². The molecule has 0 atom stereocenters. The summed E-state index contributed by atoms with van der Waals surface area (Å²) >= 11 is 6.35. The summed E-state index contributed by atoms with van der Waals surface area (Å²) in [4.78, 5) is 26.1. The number of nitrogens with one attached hydrogen (secondary N) is 1. The molecule has 0 aliphatic heterocycles. The number of rotatable bonds is 8. The van der Waals surface area contributed by atoms with E-state index in [2.05, 4.69) is 5.32 Å². The van der Waals surface area contributed by atoms with E-state index in [9.17, 15) is 9.59 Å². The summed E-state index contributed by atoms with van der Waals surface area (Å²) in [5, 5.41) is 3.14. The first-order chi connectivity index (χ1) is 14.2. The molecule has 0 saturated heterocycles. The predicted molar refractivity (Wildman–Crippen MR) is 120 cm³/mol. The Morgan fingerprint density at radius 1 is 1.20 bits per heavy atom. The second-order valence-electron chi connectivity index (χ2n) is 7.31. The van der Waals surface area contributed by atoms with Crippen molar-refractivity contribution >= 4 is 35.2 Å². The molecule has 0 heterocycles. The molecule has 0 aliphatic rings. The van der Waals surface area contributed by atoms with Gasteiger partial charge in [-0.1, -0.05) is 37.6 Å². The van der Waals surface area contributed by atoms with Crippen LogP contribution in [-0.4, -0.2) is 44.5 Å². The Morgan fingerprint density at radius 3 is 2.53 bits per heavy atom. The highest BCUT2D eigenvalue weighted by molar-refractivity contribution is 6.32. The van der Waals surface area contributed by atoms with Crippen LogP contribution in [0.2, 0.25) is 5.02 Å². The minimum Gasteiger partial charge on any atom is -0.493 e. The molecule has 2 amide bonds. The zero-order valence-electron chi connectivity index (χ0n) is 17.9. The average molecular weight is 431 g/mol. The fourth-order valence-corrected chi connectivity index (χ4v) is 2.87. The van der Waals surface area contributed by atoms with Gasteiger partial charge in [0.25, 0.3) is 5.91 Å². The molecule has 6 nitrogen and oxygen atoms in total. The number of nitrogens with zero attached hydrogens (tertiary/aromatic N) is 1. The van der Waals surface area contributed by atoms with Gasteiger partial charge < -0.3 is 19.7 Å². The van der Waals surface area contributed by atoms with Crippen LogP contribution in [-0.2, 0) is 4.79 Å². The molecular formula is C23H27ClN2O4. The number of para-hydroxylation sites is 1. The van der Waals surface area contributed by atoms with Gasteiger partial charge in [-0.25, -0.2) is 0 Å². The van der Waals surface area contributed by atoms with Crippen molar-refractivity contribution in [3.05, 3.63) is 58.6 Å². The molecule has 0 aliphatic carbocycles. The molecule has 0 radical (unpaired) electrons.